The van der Waals surface area contributed by atoms with E-state index >= 15 is 0 Å². The second-order valence-electron chi connectivity index (χ2n) is 4.32. The van der Waals surface area contributed by atoms with Crippen LogP contribution in [0.15, 0.2) is 24.3 Å². The Kier molecular flexibility index (Phi) is 3.55. The van der Waals surface area contributed by atoms with E-state index in [1.54, 1.807) is 31.2 Å². The van der Waals surface area contributed by atoms with Crippen LogP contribution < -0.4 is 4.74 Å². The zero-order valence-electron chi connectivity index (χ0n) is 10.6. The maximum atomic E-state index is 13.6. The zero-order chi connectivity index (χ0) is 13.2. The van der Waals surface area contributed by atoms with Gasteiger partial charge in [-0.2, -0.15) is 0 Å². The van der Waals surface area contributed by atoms with Crippen LogP contribution in [0.5, 0.6) is 5.75 Å². The van der Waals surface area contributed by atoms with Gasteiger partial charge in [0.15, 0.2) is 0 Å². The molecule has 0 aliphatic heterocycles. The van der Waals surface area contributed by atoms with Gasteiger partial charge in [-0.15, -0.1) is 0 Å². The molecule has 0 aromatic heterocycles. The molecule has 3 nitrogen and oxygen atoms in total. The summed E-state index contributed by atoms with van der Waals surface area (Å²) < 4.78 is 23.9. The van der Waals surface area contributed by atoms with E-state index in [0.717, 1.165) is 5.75 Å². The normalized spacial score (nSPS) is 25.6. The van der Waals surface area contributed by atoms with Crippen LogP contribution in [-0.2, 0) is 14.9 Å². The summed E-state index contributed by atoms with van der Waals surface area (Å²) in [6, 6.07) is 6.98. The fourth-order valence-corrected chi connectivity index (χ4v) is 2.13. The van der Waals surface area contributed by atoms with Crippen LogP contribution in [0.3, 0.4) is 0 Å². The number of halogens is 1. The van der Waals surface area contributed by atoms with E-state index in [1.807, 2.05) is 6.92 Å². The van der Waals surface area contributed by atoms with E-state index < -0.39 is 17.6 Å². The molecular weight excluding hydrogens is 235 g/mol. The van der Waals surface area contributed by atoms with Crippen LogP contribution in [0.25, 0.3) is 0 Å². The molecule has 98 valence electrons. The molecule has 0 amide bonds. The second kappa shape index (κ2) is 4.96. The average molecular weight is 252 g/mol. The van der Waals surface area contributed by atoms with E-state index in [0.29, 0.717) is 12.2 Å². The van der Waals surface area contributed by atoms with Gasteiger partial charge in [-0.1, -0.05) is 12.1 Å². The summed E-state index contributed by atoms with van der Waals surface area (Å²) in [5, 5.41) is 0. The second-order valence-corrected chi connectivity index (χ2v) is 4.32. The van der Waals surface area contributed by atoms with Crippen molar-refractivity contribution in [1.82, 2.24) is 0 Å². The first-order valence-corrected chi connectivity index (χ1v) is 6.19. The molecule has 2 atom stereocenters. The first kappa shape index (κ1) is 12.9. The number of alkyl halides is 1. The number of hydrogen-bond acceptors (Lipinski definition) is 3. The van der Waals surface area contributed by atoms with E-state index in [-0.39, 0.29) is 13.0 Å². The molecule has 1 aliphatic carbocycles. The first-order chi connectivity index (χ1) is 8.65. The Morgan fingerprint density at radius 1 is 1.33 bits per heavy atom. The summed E-state index contributed by atoms with van der Waals surface area (Å²) >= 11 is 0. The summed E-state index contributed by atoms with van der Waals surface area (Å²) in [6.45, 7) is 4.46. The Morgan fingerprint density at radius 3 is 2.39 bits per heavy atom. The molecule has 0 spiro atoms. The molecule has 0 bridgehead atoms. The lowest BCUT2D eigenvalue weighted by Crippen LogP contribution is -2.26. The fraction of sp³-hybridized carbons (Fsp3) is 0.500. The molecule has 0 N–H and O–H groups in total. The molecule has 2 unspecified atom stereocenters. The van der Waals surface area contributed by atoms with Crippen LogP contribution in [0.2, 0.25) is 0 Å². The monoisotopic (exact) mass is 252 g/mol. The molecule has 2 rings (SSSR count). The number of carbonyl (C=O) groups excluding carboxylic acids is 1. The number of carbonyl (C=O) groups is 1. The predicted octanol–water partition coefficient (Wildman–Crippen LogP) is 2.63. The van der Waals surface area contributed by atoms with Crippen molar-refractivity contribution in [2.24, 2.45) is 0 Å². The summed E-state index contributed by atoms with van der Waals surface area (Å²) in [4.78, 5) is 11.9. The van der Waals surface area contributed by atoms with Crippen LogP contribution in [0.1, 0.15) is 25.8 Å². The lowest BCUT2D eigenvalue weighted by Gasteiger charge is -2.14. The molecule has 1 aromatic carbocycles. The molecule has 1 saturated carbocycles. The van der Waals surface area contributed by atoms with Crippen molar-refractivity contribution in [3.63, 3.8) is 0 Å². The summed E-state index contributed by atoms with van der Waals surface area (Å²) in [6.07, 6.45) is -0.936. The molecule has 0 saturated heterocycles. The molecule has 1 fully saturated rings. The smallest absolute Gasteiger partial charge is 0.319 e. The molecule has 18 heavy (non-hydrogen) atoms. The third kappa shape index (κ3) is 2.07. The Morgan fingerprint density at radius 2 is 1.94 bits per heavy atom. The predicted molar refractivity (Wildman–Crippen MR) is 65.4 cm³/mol. The average Bonchev–Trinajstić information content (AvgIpc) is 3.04. The number of ether oxygens (including phenoxy) is 2. The standard InChI is InChI=1S/C14H17FO3/c1-3-17-11-7-5-10(6-8-11)14(9-12(14)15)13(16)18-4-2/h5-8,12H,3-4,9H2,1-2H3. The topological polar surface area (TPSA) is 35.5 Å². The minimum absolute atomic E-state index is 0.208. The highest BCUT2D eigenvalue weighted by Gasteiger charge is 2.63. The van der Waals surface area contributed by atoms with Gasteiger partial charge in [0.25, 0.3) is 0 Å². The van der Waals surface area contributed by atoms with E-state index in [4.69, 9.17) is 9.47 Å². The SMILES string of the molecule is CCOC(=O)C1(c2ccc(OCC)cc2)CC1F. The molecular formula is C14H17FO3. The van der Waals surface area contributed by atoms with Crippen LogP contribution in [-0.4, -0.2) is 25.4 Å². The molecule has 4 heteroatoms. The van der Waals surface area contributed by atoms with E-state index in [1.165, 1.54) is 0 Å². The minimum atomic E-state index is -1.14. The number of benzene rings is 1. The molecule has 0 radical (unpaired) electrons. The van der Waals surface area contributed by atoms with Crippen LogP contribution >= 0.6 is 0 Å². The number of rotatable bonds is 5. The van der Waals surface area contributed by atoms with Crippen LogP contribution in [0.4, 0.5) is 4.39 Å². The van der Waals surface area contributed by atoms with Crippen molar-refractivity contribution in [3.8, 4) is 5.75 Å². The lowest BCUT2D eigenvalue weighted by molar-refractivity contribution is -0.146. The van der Waals surface area contributed by atoms with Gasteiger partial charge in [-0.25, -0.2) is 4.39 Å². The molecule has 1 aliphatic rings. The quantitative estimate of drug-likeness (QED) is 0.756. The highest BCUT2D eigenvalue weighted by Crippen LogP contribution is 2.52. The number of esters is 1. The summed E-state index contributed by atoms with van der Waals surface area (Å²) in [7, 11) is 0. The van der Waals surface area contributed by atoms with Gasteiger partial charge in [0.1, 0.15) is 17.3 Å². The Hall–Kier alpha value is -1.58. The third-order valence-corrected chi connectivity index (χ3v) is 3.20. The van der Waals surface area contributed by atoms with Crippen molar-refractivity contribution >= 4 is 5.97 Å². The van der Waals surface area contributed by atoms with Crippen molar-refractivity contribution in [1.29, 1.82) is 0 Å². The van der Waals surface area contributed by atoms with E-state index in [9.17, 15) is 9.18 Å². The van der Waals surface area contributed by atoms with Gasteiger partial charge in [-0.05, 0) is 31.5 Å². The van der Waals surface area contributed by atoms with Crippen molar-refractivity contribution in [2.75, 3.05) is 13.2 Å². The van der Waals surface area contributed by atoms with E-state index in [2.05, 4.69) is 0 Å². The van der Waals surface area contributed by atoms with Gasteiger partial charge in [-0.3, -0.25) is 4.79 Å². The highest BCUT2D eigenvalue weighted by molar-refractivity contribution is 5.88. The van der Waals surface area contributed by atoms with Gasteiger partial charge in [0, 0.05) is 6.42 Å². The van der Waals surface area contributed by atoms with Crippen molar-refractivity contribution in [3.05, 3.63) is 29.8 Å². The summed E-state index contributed by atoms with van der Waals surface area (Å²) in [5.41, 5.74) is -0.419. The maximum Gasteiger partial charge on any atom is 0.319 e. The van der Waals surface area contributed by atoms with Crippen LogP contribution in [0, 0.1) is 0 Å². The fourth-order valence-electron chi connectivity index (χ4n) is 2.13. The third-order valence-electron chi connectivity index (χ3n) is 3.20. The minimum Gasteiger partial charge on any atom is -0.494 e. The maximum absolute atomic E-state index is 13.6. The largest absolute Gasteiger partial charge is 0.494 e. The summed E-state index contributed by atoms with van der Waals surface area (Å²) in [5.74, 6) is 0.248. The number of hydrogen-bond donors (Lipinski definition) is 0. The Labute approximate surface area is 106 Å². The Bertz CT molecular complexity index is 429. The highest BCUT2D eigenvalue weighted by atomic mass is 19.1. The Balaban J connectivity index is 2.21. The van der Waals surface area contributed by atoms with Crippen molar-refractivity contribution < 1.29 is 18.7 Å². The van der Waals surface area contributed by atoms with Gasteiger partial charge >= 0.3 is 5.97 Å². The van der Waals surface area contributed by atoms with Gasteiger partial charge < -0.3 is 9.47 Å². The molecule has 1 aromatic rings. The van der Waals surface area contributed by atoms with Gasteiger partial charge in [0.2, 0.25) is 0 Å². The van der Waals surface area contributed by atoms with Crippen molar-refractivity contribution in [2.45, 2.75) is 31.9 Å². The van der Waals surface area contributed by atoms with Gasteiger partial charge in [0.05, 0.1) is 13.2 Å². The first-order valence-electron chi connectivity index (χ1n) is 6.19. The zero-order valence-corrected chi connectivity index (χ0v) is 10.6. The lowest BCUT2D eigenvalue weighted by atomic mass is 9.96. The molecule has 0 heterocycles.